The van der Waals surface area contributed by atoms with E-state index in [2.05, 4.69) is 34.2 Å². The fourth-order valence-electron chi connectivity index (χ4n) is 2.03. The van der Waals surface area contributed by atoms with E-state index < -0.39 is 0 Å². The summed E-state index contributed by atoms with van der Waals surface area (Å²) < 4.78 is 0. The third kappa shape index (κ3) is 3.92. The Morgan fingerprint density at radius 1 is 0.476 bits per heavy atom. The molecule has 4 aromatic rings. The predicted molar refractivity (Wildman–Crippen MR) is 90.6 cm³/mol. The maximum Gasteiger partial charge on any atom is 0.0701 e. The van der Waals surface area contributed by atoms with Gasteiger partial charge in [-0.05, 0) is 24.3 Å². The molecule has 0 fully saturated rings. The van der Waals surface area contributed by atoms with Gasteiger partial charge in [-0.3, -0.25) is 9.97 Å². The molecule has 98 valence electrons. The molecule has 0 amide bonds. The smallest absolute Gasteiger partial charge is 0.0701 e. The van der Waals surface area contributed by atoms with Crippen LogP contribution in [-0.4, -0.2) is 28.8 Å². The van der Waals surface area contributed by atoms with Gasteiger partial charge in [0.05, 0.1) is 11.0 Å². The van der Waals surface area contributed by atoms with E-state index in [0.29, 0.717) is 0 Å². The first-order chi connectivity index (χ1) is 9.93. The number of aromatic nitrogens is 2. The monoisotopic (exact) mass is 266 g/mol. The van der Waals surface area contributed by atoms with Gasteiger partial charge >= 0.3 is 18.9 Å². The first kappa shape index (κ1) is 15.3. The fraction of sp³-hybridized carbons (Fsp3) is 0. The molecular weight excluding hydrogens is 251 g/mol. The molecule has 0 spiro atoms. The van der Waals surface area contributed by atoms with Gasteiger partial charge in [-0.25, -0.2) is 0 Å². The molecule has 0 saturated heterocycles. The van der Waals surface area contributed by atoms with Gasteiger partial charge in [0.2, 0.25) is 0 Å². The number of hydrogen-bond acceptors (Lipinski definition) is 2. The van der Waals surface area contributed by atoms with Gasteiger partial charge in [-0.1, -0.05) is 48.5 Å². The molecule has 0 saturated carbocycles. The third-order valence-corrected chi connectivity index (χ3v) is 3.02. The van der Waals surface area contributed by atoms with Crippen molar-refractivity contribution in [3.63, 3.8) is 0 Å². The van der Waals surface area contributed by atoms with Crippen LogP contribution in [0.2, 0.25) is 0 Å². The van der Waals surface area contributed by atoms with Crippen LogP contribution in [0.15, 0.2) is 85.2 Å². The summed E-state index contributed by atoms with van der Waals surface area (Å²) in [7, 11) is 0. The van der Waals surface area contributed by atoms with Gasteiger partial charge < -0.3 is 0 Å². The summed E-state index contributed by atoms with van der Waals surface area (Å²) in [6, 6.07) is 24.2. The van der Waals surface area contributed by atoms with Crippen LogP contribution in [0.4, 0.5) is 0 Å². The van der Waals surface area contributed by atoms with Crippen molar-refractivity contribution in [2.24, 2.45) is 0 Å². The molecular formula is C18H15LiN2. The van der Waals surface area contributed by atoms with Gasteiger partial charge in [0.25, 0.3) is 0 Å². The summed E-state index contributed by atoms with van der Waals surface area (Å²) in [6.45, 7) is 0. The zero-order valence-corrected chi connectivity index (χ0v) is 11.0. The quantitative estimate of drug-likeness (QED) is 0.452. The van der Waals surface area contributed by atoms with Crippen molar-refractivity contribution < 1.29 is 0 Å². The van der Waals surface area contributed by atoms with E-state index in [1.54, 1.807) is 0 Å². The van der Waals surface area contributed by atoms with Crippen LogP contribution in [0, 0.1) is 0 Å². The van der Waals surface area contributed by atoms with Crippen LogP contribution in [0.3, 0.4) is 0 Å². The summed E-state index contributed by atoms with van der Waals surface area (Å²) in [4.78, 5) is 8.36. The molecule has 3 heteroatoms. The molecule has 0 N–H and O–H groups in total. The summed E-state index contributed by atoms with van der Waals surface area (Å²) in [5.74, 6) is 0. The second kappa shape index (κ2) is 7.59. The van der Waals surface area contributed by atoms with Gasteiger partial charge in [-0.2, -0.15) is 0 Å². The molecule has 2 aromatic heterocycles. The maximum atomic E-state index is 4.18. The van der Waals surface area contributed by atoms with E-state index in [1.807, 2.05) is 60.9 Å². The van der Waals surface area contributed by atoms with Gasteiger partial charge in [-0.15, -0.1) is 0 Å². The third-order valence-electron chi connectivity index (χ3n) is 3.02. The number of rotatable bonds is 0. The van der Waals surface area contributed by atoms with E-state index in [-0.39, 0.29) is 18.9 Å². The van der Waals surface area contributed by atoms with Gasteiger partial charge in [0, 0.05) is 23.2 Å². The van der Waals surface area contributed by atoms with E-state index in [4.69, 9.17) is 0 Å². The molecule has 0 aliphatic rings. The minimum absolute atomic E-state index is 0. The van der Waals surface area contributed by atoms with E-state index in [1.165, 1.54) is 10.8 Å². The molecule has 0 radical (unpaired) electrons. The van der Waals surface area contributed by atoms with Crippen LogP contribution in [0.5, 0.6) is 0 Å². The van der Waals surface area contributed by atoms with E-state index >= 15 is 0 Å². The summed E-state index contributed by atoms with van der Waals surface area (Å²) in [5.41, 5.74) is 2.12. The molecule has 0 aliphatic heterocycles. The first-order valence-corrected chi connectivity index (χ1v) is 6.53. The second-order valence-corrected chi connectivity index (χ2v) is 4.39. The SMILES string of the molecule is [LiH].c1ccc2ncccc2c1.c1ccc2ncccc2c1. The van der Waals surface area contributed by atoms with Crippen LogP contribution in [-0.2, 0) is 0 Å². The minimum atomic E-state index is 0. The molecule has 2 heterocycles. The number of hydrogen-bond donors (Lipinski definition) is 0. The average Bonchev–Trinajstić information content (AvgIpc) is 2.56. The van der Waals surface area contributed by atoms with Crippen LogP contribution in [0.25, 0.3) is 21.8 Å². The summed E-state index contributed by atoms with van der Waals surface area (Å²) >= 11 is 0. The Morgan fingerprint density at radius 2 is 0.857 bits per heavy atom. The normalized spacial score (nSPS) is 9.52. The summed E-state index contributed by atoms with van der Waals surface area (Å²) in [5, 5.41) is 2.40. The Labute approximate surface area is 136 Å². The Balaban J connectivity index is 0.000000147. The Kier molecular flexibility index (Phi) is 5.51. The number of fused-ring (bicyclic) bond motifs is 2. The molecule has 2 nitrogen and oxygen atoms in total. The van der Waals surface area contributed by atoms with Crippen molar-refractivity contribution in [2.75, 3.05) is 0 Å². The first-order valence-electron chi connectivity index (χ1n) is 6.53. The Bertz CT molecular complexity index is 628. The maximum absolute atomic E-state index is 4.18. The largest absolute Gasteiger partial charge is 0.256 e. The van der Waals surface area contributed by atoms with Crippen molar-refractivity contribution in [3.8, 4) is 0 Å². The predicted octanol–water partition coefficient (Wildman–Crippen LogP) is 3.82. The number of para-hydroxylation sites is 2. The zero-order valence-electron chi connectivity index (χ0n) is 11.0. The Hall–Kier alpha value is -2.14. The molecule has 0 unspecified atom stereocenters. The second-order valence-electron chi connectivity index (χ2n) is 4.39. The molecule has 0 bridgehead atoms. The van der Waals surface area contributed by atoms with Crippen molar-refractivity contribution in [2.45, 2.75) is 0 Å². The van der Waals surface area contributed by atoms with Crippen molar-refractivity contribution >= 4 is 40.7 Å². The topological polar surface area (TPSA) is 25.8 Å². The molecule has 0 atom stereocenters. The molecule has 2 aromatic carbocycles. The van der Waals surface area contributed by atoms with Crippen molar-refractivity contribution in [3.05, 3.63) is 85.2 Å². The van der Waals surface area contributed by atoms with Gasteiger partial charge in [0.15, 0.2) is 0 Å². The number of pyridine rings is 2. The summed E-state index contributed by atoms with van der Waals surface area (Å²) in [6.07, 6.45) is 3.62. The van der Waals surface area contributed by atoms with Crippen LogP contribution < -0.4 is 0 Å². The standard InChI is InChI=1S/2C9H7N.Li.H/c2*1-2-6-9-8(4-1)5-3-7-10-9;;/h2*1-7H;;. The van der Waals surface area contributed by atoms with E-state index in [9.17, 15) is 0 Å². The Morgan fingerprint density at radius 3 is 1.29 bits per heavy atom. The minimum Gasteiger partial charge on any atom is -0.256 e. The van der Waals surface area contributed by atoms with Gasteiger partial charge in [0.1, 0.15) is 0 Å². The molecule has 4 rings (SSSR count). The fourth-order valence-corrected chi connectivity index (χ4v) is 2.03. The molecule has 21 heavy (non-hydrogen) atoms. The zero-order chi connectivity index (χ0) is 13.6. The van der Waals surface area contributed by atoms with Crippen molar-refractivity contribution in [1.29, 1.82) is 0 Å². The number of nitrogens with zero attached hydrogens (tertiary/aromatic N) is 2. The van der Waals surface area contributed by atoms with E-state index in [0.717, 1.165) is 11.0 Å². The van der Waals surface area contributed by atoms with Crippen molar-refractivity contribution in [1.82, 2.24) is 9.97 Å². The van der Waals surface area contributed by atoms with Crippen LogP contribution in [0.1, 0.15) is 0 Å². The molecule has 0 aliphatic carbocycles. The average molecular weight is 266 g/mol. The van der Waals surface area contributed by atoms with Crippen LogP contribution >= 0.6 is 0 Å². The number of benzene rings is 2.